The fourth-order valence-electron chi connectivity index (χ4n) is 2.86. The number of carbonyl (C=O) groups is 2. The van der Waals surface area contributed by atoms with Gasteiger partial charge in [0.05, 0.1) is 0 Å². The van der Waals surface area contributed by atoms with E-state index in [0.29, 0.717) is 29.4 Å². The molecule has 1 N–H and O–H groups in total. The zero-order chi connectivity index (χ0) is 24.6. The van der Waals surface area contributed by atoms with Gasteiger partial charge in [-0.15, -0.1) is 0 Å². The Hall–Kier alpha value is -2.66. The highest BCUT2D eigenvalue weighted by molar-refractivity contribution is 7.87. The van der Waals surface area contributed by atoms with Gasteiger partial charge in [0.15, 0.2) is 0 Å². The van der Waals surface area contributed by atoms with E-state index in [1.165, 1.54) is 50.4 Å². The van der Waals surface area contributed by atoms with Crippen molar-refractivity contribution in [3.8, 4) is 5.75 Å². The number of likely N-dealkylation sites (N-methyl/N-ethyl adjacent to an activating group) is 1. The van der Waals surface area contributed by atoms with Gasteiger partial charge in [-0.2, -0.15) is 8.42 Å². The number of methoxy groups -OCH3 is 1. The molecular formula is C22H28ClN3O6S. The number of hydrogen-bond acceptors (Lipinski definition) is 7. The molecule has 2 amide bonds. The molecule has 0 aliphatic carbocycles. The number of rotatable bonds is 11. The fourth-order valence-corrected chi connectivity index (χ4v) is 4.02. The van der Waals surface area contributed by atoms with Gasteiger partial charge in [0, 0.05) is 49.9 Å². The van der Waals surface area contributed by atoms with Crippen molar-refractivity contribution in [1.29, 1.82) is 0 Å². The van der Waals surface area contributed by atoms with Gasteiger partial charge in [-0.1, -0.05) is 11.6 Å². The van der Waals surface area contributed by atoms with Crippen LogP contribution < -0.4 is 9.50 Å². The summed E-state index contributed by atoms with van der Waals surface area (Å²) >= 11 is 6.14. The van der Waals surface area contributed by atoms with E-state index in [4.69, 9.17) is 20.5 Å². The number of halogens is 1. The molecule has 11 heteroatoms. The second-order valence-corrected chi connectivity index (χ2v) is 9.53. The van der Waals surface area contributed by atoms with Crippen LogP contribution in [0, 0.1) is 0 Å². The first-order valence-electron chi connectivity index (χ1n) is 10.0. The number of amides is 2. The van der Waals surface area contributed by atoms with Gasteiger partial charge in [-0.25, -0.2) is 0 Å². The smallest absolute Gasteiger partial charge is 0.339 e. The first-order valence-corrected chi connectivity index (χ1v) is 11.8. The van der Waals surface area contributed by atoms with Crippen LogP contribution >= 0.6 is 11.6 Å². The van der Waals surface area contributed by atoms with Crippen LogP contribution in [0.4, 0.5) is 5.69 Å². The predicted octanol–water partition coefficient (Wildman–Crippen LogP) is 2.60. The van der Waals surface area contributed by atoms with Crippen LogP contribution in [-0.2, 0) is 31.0 Å². The molecule has 0 heterocycles. The van der Waals surface area contributed by atoms with Gasteiger partial charge in [0.1, 0.15) is 17.3 Å². The number of nitrogens with zero attached hydrogens (tertiary/aromatic N) is 2. The van der Waals surface area contributed by atoms with Crippen molar-refractivity contribution in [3.05, 3.63) is 53.1 Å². The lowest BCUT2D eigenvalue weighted by Gasteiger charge is -2.25. The molecule has 0 aliphatic heterocycles. The highest BCUT2D eigenvalue weighted by Crippen LogP contribution is 2.28. The minimum atomic E-state index is -4.18. The molecule has 0 aliphatic rings. The Bertz CT molecular complexity index is 1070. The number of carbonyl (C=O) groups excluding carboxylic acids is 2. The SMILES string of the molecule is COCC(=O)N(CCN(C)C)Cc1cc(Cl)ccc1OS(=O)(=O)c1ccc(NC(C)=O)cc1. The highest BCUT2D eigenvalue weighted by Gasteiger charge is 2.22. The molecule has 180 valence electrons. The molecule has 0 fully saturated rings. The second kappa shape index (κ2) is 12.0. The normalized spacial score (nSPS) is 11.3. The van der Waals surface area contributed by atoms with Crippen LogP contribution in [0.1, 0.15) is 12.5 Å². The fraction of sp³-hybridized carbons (Fsp3) is 0.364. The summed E-state index contributed by atoms with van der Waals surface area (Å²) in [5.41, 5.74) is 0.894. The van der Waals surface area contributed by atoms with Crippen LogP contribution in [0.3, 0.4) is 0 Å². The first kappa shape index (κ1) is 26.6. The lowest BCUT2D eigenvalue weighted by Crippen LogP contribution is -2.38. The van der Waals surface area contributed by atoms with Crippen molar-refractivity contribution >= 4 is 39.2 Å². The highest BCUT2D eigenvalue weighted by atomic mass is 35.5. The van der Waals surface area contributed by atoms with E-state index in [9.17, 15) is 18.0 Å². The standard InChI is InChI=1S/C22H28ClN3O6S/c1-16(27)24-19-6-8-20(9-7-19)33(29,30)32-21-10-5-18(23)13-17(21)14-26(12-11-25(2)3)22(28)15-31-4/h5-10,13H,11-12,14-15H2,1-4H3,(H,24,27). The van der Waals surface area contributed by atoms with E-state index >= 15 is 0 Å². The molecule has 0 saturated heterocycles. The molecule has 0 bridgehead atoms. The number of ether oxygens (including phenoxy) is 1. The molecular weight excluding hydrogens is 470 g/mol. The lowest BCUT2D eigenvalue weighted by molar-refractivity contribution is -0.136. The van der Waals surface area contributed by atoms with Crippen LogP contribution in [0.25, 0.3) is 0 Å². The third-order valence-electron chi connectivity index (χ3n) is 4.48. The summed E-state index contributed by atoms with van der Waals surface area (Å²) in [6.07, 6.45) is 0. The van der Waals surface area contributed by atoms with Crippen LogP contribution in [0.5, 0.6) is 5.75 Å². The van der Waals surface area contributed by atoms with Gasteiger partial charge in [0.25, 0.3) is 0 Å². The largest absolute Gasteiger partial charge is 0.379 e. The minimum Gasteiger partial charge on any atom is -0.379 e. The van der Waals surface area contributed by atoms with Crippen molar-refractivity contribution < 1.29 is 26.9 Å². The minimum absolute atomic E-state index is 0.0606. The molecule has 2 rings (SSSR count). The quantitative estimate of drug-likeness (QED) is 0.476. The average Bonchev–Trinajstić information content (AvgIpc) is 2.72. The zero-order valence-corrected chi connectivity index (χ0v) is 20.6. The number of benzene rings is 2. The molecule has 2 aromatic carbocycles. The number of nitrogens with one attached hydrogen (secondary N) is 1. The molecule has 0 radical (unpaired) electrons. The Labute approximate surface area is 199 Å². The maximum absolute atomic E-state index is 12.9. The maximum Gasteiger partial charge on any atom is 0.339 e. The van der Waals surface area contributed by atoms with Gasteiger partial charge < -0.3 is 24.0 Å². The summed E-state index contributed by atoms with van der Waals surface area (Å²) in [7, 11) is 1.02. The summed E-state index contributed by atoms with van der Waals surface area (Å²) in [5.74, 6) is -0.457. The average molecular weight is 498 g/mol. The van der Waals surface area contributed by atoms with E-state index in [1.807, 2.05) is 19.0 Å². The van der Waals surface area contributed by atoms with Gasteiger partial charge in [-0.3, -0.25) is 9.59 Å². The lowest BCUT2D eigenvalue weighted by atomic mass is 10.2. The molecule has 0 aromatic heterocycles. The summed E-state index contributed by atoms with van der Waals surface area (Å²) < 4.78 is 36.1. The molecule has 0 atom stereocenters. The van der Waals surface area contributed by atoms with Crippen LogP contribution in [-0.4, -0.2) is 70.9 Å². The Morgan fingerprint density at radius 3 is 2.30 bits per heavy atom. The summed E-state index contributed by atoms with van der Waals surface area (Å²) in [6, 6.07) is 10.1. The summed E-state index contributed by atoms with van der Waals surface area (Å²) in [6.45, 7) is 2.34. The molecule has 9 nitrogen and oxygen atoms in total. The van der Waals surface area contributed by atoms with E-state index in [2.05, 4.69) is 5.32 Å². The Kier molecular flexibility index (Phi) is 9.66. The molecule has 0 unspecified atom stereocenters. The first-order chi connectivity index (χ1) is 15.5. The van der Waals surface area contributed by atoms with Gasteiger partial charge in [0.2, 0.25) is 11.8 Å². The Morgan fingerprint density at radius 1 is 1.06 bits per heavy atom. The molecule has 2 aromatic rings. The third-order valence-corrected chi connectivity index (χ3v) is 5.97. The van der Waals surface area contributed by atoms with E-state index in [0.717, 1.165) is 0 Å². The molecule has 0 spiro atoms. The van der Waals surface area contributed by atoms with Crippen molar-refractivity contribution in [2.75, 3.05) is 46.2 Å². The molecule has 33 heavy (non-hydrogen) atoms. The van der Waals surface area contributed by atoms with Crippen molar-refractivity contribution in [2.45, 2.75) is 18.4 Å². The Balaban J connectivity index is 2.30. The van der Waals surface area contributed by atoms with E-state index in [-0.39, 0.29) is 35.6 Å². The summed E-state index contributed by atoms with van der Waals surface area (Å²) in [4.78, 5) is 27.1. The van der Waals surface area contributed by atoms with Crippen LogP contribution in [0.2, 0.25) is 5.02 Å². The maximum atomic E-state index is 12.9. The topological polar surface area (TPSA) is 105 Å². The van der Waals surface area contributed by atoms with E-state index in [1.54, 1.807) is 11.0 Å². The predicted molar refractivity (Wildman–Crippen MR) is 126 cm³/mol. The summed E-state index contributed by atoms with van der Waals surface area (Å²) in [5, 5.41) is 2.95. The zero-order valence-electron chi connectivity index (χ0n) is 19.0. The van der Waals surface area contributed by atoms with Crippen molar-refractivity contribution in [1.82, 2.24) is 9.80 Å². The van der Waals surface area contributed by atoms with Gasteiger partial charge >= 0.3 is 10.1 Å². The van der Waals surface area contributed by atoms with Crippen molar-refractivity contribution in [3.63, 3.8) is 0 Å². The molecule has 0 saturated carbocycles. The monoisotopic (exact) mass is 497 g/mol. The number of anilines is 1. The van der Waals surface area contributed by atoms with E-state index < -0.39 is 10.1 Å². The van der Waals surface area contributed by atoms with Gasteiger partial charge in [-0.05, 0) is 56.6 Å². The second-order valence-electron chi connectivity index (χ2n) is 7.55. The Morgan fingerprint density at radius 2 is 1.73 bits per heavy atom. The van der Waals surface area contributed by atoms with Crippen LogP contribution in [0.15, 0.2) is 47.4 Å². The number of hydrogen-bond donors (Lipinski definition) is 1. The van der Waals surface area contributed by atoms with Crippen molar-refractivity contribution in [2.24, 2.45) is 0 Å². The third kappa shape index (κ3) is 8.32.